The molecule has 2 unspecified atom stereocenters. The van der Waals surface area contributed by atoms with Crippen LogP contribution in [-0.4, -0.2) is 54.3 Å². The molecule has 1 amide bonds. The molecule has 0 bridgehead atoms. The van der Waals surface area contributed by atoms with Crippen molar-refractivity contribution in [2.45, 2.75) is 18.6 Å². The highest BCUT2D eigenvalue weighted by Gasteiger charge is 2.39. The number of hydrogen-bond acceptors (Lipinski definition) is 5. The normalized spacial score (nSPS) is 20.5. The summed E-state index contributed by atoms with van der Waals surface area (Å²) in [6, 6.07) is 7.43. The number of hydrogen-bond donors (Lipinski definition) is 1. The molecule has 1 aliphatic rings. The number of carboxylic acid groups (broad SMARTS) is 1. The van der Waals surface area contributed by atoms with Crippen molar-refractivity contribution >= 4 is 11.9 Å². The van der Waals surface area contributed by atoms with E-state index in [2.05, 4.69) is 0 Å². The summed E-state index contributed by atoms with van der Waals surface area (Å²) in [7, 11) is 1.49. The van der Waals surface area contributed by atoms with Gasteiger partial charge in [0.1, 0.15) is 11.8 Å². The number of benzene rings is 1. The van der Waals surface area contributed by atoms with E-state index in [1.165, 1.54) is 12.0 Å². The first kappa shape index (κ1) is 15.8. The van der Waals surface area contributed by atoms with Gasteiger partial charge in [-0.15, -0.1) is 0 Å². The van der Waals surface area contributed by atoms with E-state index in [0.717, 1.165) is 0 Å². The molecule has 2 rings (SSSR count). The number of nitrogens with zero attached hydrogens (tertiary/aromatic N) is 2. The van der Waals surface area contributed by atoms with Crippen LogP contribution in [0.1, 0.15) is 12.0 Å². The van der Waals surface area contributed by atoms with Crippen molar-refractivity contribution in [2.24, 2.45) is 0 Å². The number of rotatable bonds is 5. The molecule has 1 aromatic carbocycles. The van der Waals surface area contributed by atoms with Gasteiger partial charge in [0.25, 0.3) is 5.91 Å². The highest BCUT2D eigenvalue weighted by molar-refractivity contribution is 5.85. The van der Waals surface area contributed by atoms with E-state index in [-0.39, 0.29) is 25.7 Å². The third-order valence-corrected chi connectivity index (χ3v) is 3.55. The number of aliphatic carboxylic acids is 1. The topological polar surface area (TPSA) is 99.9 Å². The fourth-order valence-electron chi connectivity index (χ4n) is 2.33. The summed E-state index contributed by atoms with van der Waals surface area (Å²) in [4.78, 5) is 24.6. The Balaban J connectivity index is 1.95. The molecule has 2 atom stereocenters. The number of nitriles is 1. The van der Waals surface area contributed by atoms with Gasteiger partial charge in [-0.1, -0.05) is 0 Å². The molecule has 1 saturated heterocycles. The molecule has 116 valence electrons. The second kappa shape index (κ2) is 6.91. The first-order chi connectivity index (χ1) is 10.5. The first-order valence-electron chi connectivity index (χ1n) is 6.73. The van der Waals surface area contributed by atoms with Crippen LogP contribution in [0.4, 0.5) is 0 Å². The molecule has 22 heavy (non-hydrogen) atoms. The lowest BCUT2D eigenvalue weighted by Gasteiger charge is -2.21. The molecule has 0 aromatic heterocycles. The second-order valence-corrected chi connectivity index (χ2v) is 4.92. The van der Waals surface area contributed by atoms with E-state index >= 15 is 0 Å². The molecule has 7 heteroatoms. The van der Waals surface area contributed by atoms with Gasteiger partial charge in [-0.05, 0) is 24.3 Å². The fraction of sp³-hybridized carbons (Fsp3) is 0.400. The van der Waals surface area contributed by atoms with Crippen LogP contribution in [0.3, 0.4) is 0 Å². The van der Waals surface area contributed by atoms with Crippen molar-refractivity contribution in [3.05, 3.63) is 29.8 Å². The van der Waals surface area contributed by atoms with Crippen molar-refractivity contribution in [3.8, 4) is 11.8 Å². The Morgan fingerprint density at radius 1 is 1.41 bits per heavy atom. The van der Waals surface area contributed by atoms with Crippen LogP contribution in [0.15, 0.2) is 24.3 Å². The number of carbonyl (C=O) groups is 2. The number of carbonyl (C=O) groups excluding carboxylic acids is 1. The summed E-state index contributed by atoms with van der Waals surface area (Å²) in [6.45, 7) is -0.0187. The Morgan fingerprint density at radius 3 is 2.64 bits per heavy atom. The van der Waals surface area contributed by atoms with Crippen LogP contribution in [-0.2, 0) is 14.3 Å². The number of amides is 1. The van der Waals surface area contributed by atoms with Gasteiger partial charge in [-0.3, -0.25) is 4.79 Å². The third-order valence-electron chi connectivity index (χ3n) is 3.55. The molecule has 7 nitrogen and oxygen atoms in total. The zero-order valence-corrected chi connectivity index (χ0v) is 12.1. The highest BCUT2D eigenvalue weighted by atomic mass is 16.5. The second-order valence-electron chi connectivity index (χ2n) is 4.92. The van der Waals surface area contributed by atoms with Gasteiger partial charge >= 0.3 is 5.97 Å². The maximum absolute atomic E-state index is 12.1. The zero-order chi connectivity index (χ0) is 16.1. The number of methoxy groups -OCH3 is 1. The van der Waals surface area contributed by atoms with Crippen LogP contribution in [0, 0.1) is 11.3 Å². The monoisotopic (exact) mass is 304 g/mol. The van der Waals surface area contributed by atoms with Crippen molar-refractivity contribution in [2.75, 3.05) is 20.3 Å². The van der Waals surface area contributed by atoms with Crippen LogP contribution < -0.4 is 4.74 Å². The van der Waals surface area contributed by atoms with E-state index in [4.69, 9.17) is 19.8 Å². The summed E-state index contributed by atoms with van der Waals surface area (Å²) >= 11 is 0. The van der Waals surface area contributed by atoms with Gasteiger partial charge in [-0.2, -0.15) is 5.26 Å². The lowest BCUT2D eigenvalue weighted by Crippen LogP contribution is -2.43. The lowest BCUT2D eigenvalue weighted by atomic mass is 10.2. The molecule has 1 aromatic rings. The standard InChI is InChI=1S/C15H16N2O5/c1-21-12-6-13(15(19)20)17(8-12)14(18)9-22-11-4-2-10(7-16)3-5-11/h2-5,12-13H,6,8-9H2,1H3,(H,19,20). The van der Waals surface area contributed by atoms with Crippen LogP contribution in [0.25, 0.3) is 0 Å². The number of ether oxygens (including phenoxy) is 2. The molecule has 0 spiro atoms. The Kier molecular flexibility index (Phi) is 4.96. The largest absolute Gasteiger partial charge is 0.484 e. The quantitative estimate of drug-likeness (QED) is 0.856. The van der Waals surface area contributed by atoms with Gasteiger partial charge in [0, 0.05) is 20.1 Å². The average Bonchev–Trinajstić information content (AvgIpc) is 2.98. The minimum absolute atomic E-state index is 0.239. The average molecular weight is 304 g/mol. The maximum atomic E-state index is 12.1. The summed E-state index contributed by atoms with van der Waals surface area (Å²) in [5, 5.41) is 17.9. The molecule has 1 N–H and O–H groups in total. The molecule has 1 heterocycles. The molecular weight excluding hydrogens is 288 g/mol. The fourth-order valence-corrected chi connectivity index (χ4v) is 2.33. The summed E-state index contributed by atoms with van der Waals surface area (Å²) < 4.78 is 10.5. The Morgan fingerprint density at radius 2 is 2.09 bits per heavy atom. The first-order valence-corrected chi connectivity index (χ1v) is 6.73. The van der Waals surface area contributed by atoms with E-state index in [1.807, 2.05) is 6.07 Å². The minimum atomic E-state index is -1.05. The van der Waals surface area contributed by atoms with Crippen LogP contribution in [0.5, 0.6) is 5.75 Å². The van der Waals surface area contributed by atoms with Gasteiger partial charge in [-0.25, -0.2) is 4.79 Å². The Labute approximate surface area is 127 Å². The van der Waals surface area contributed by atoms with Crippen LogP contribution >= 0.6 is 0 Å². The van der Waals surface area contributed by atoms with Gasteiger partial charge in [0.15, 0.2) is 6.61 Å². The molecule has 0 saturated carbocycles. The van der Waals surface area contributed by atoms with Gasteiger partial charge in [0.2, 0.25) is 0 Å². The Bertz CT molecular complexity index is 593. The predicted octanol–water partition coefficient (Wildman–Crippen LogP) is 0.638. The molecule has 0 radical (unpaired) electrons. The van der Waals surface area contributed by atoms with E-state index in [1.54, 1.807) is 24.3 Å². The van der Waals surface area contributed by atoms with Crippen molar-refractivity contribution in [3.63, 3.8) is 0 Å². The highest BCUT2D eigenvalue weighted by Crippen LogP contribution is 2.21. The van der Waals surface area contributed by atoms with Crippen molar-refractivity contribution < 1.29 is 24.2 Å². The van der Waals surface area contributed by atoms with E-state index < -0.39 is 17.9 Å². The number of likely N-dealkylation sites (tertiary alicyclic amines) is 1. The SMILES string of the molecule is COC1CC(C(=O)O)N(C(=O)COc2ccc(C#N)cc2)C1. The predicted molar refractivity (Wildman–Crippen MR) is 75.2 cm³/mol. The van der Waals surface area contributed by atoms with Crippen molar-refractivity contribution in [1.82, 2.24) is 4.90 Å². The molecular formula is C15H16N2O5. The molecule has 0 aliphatic carbocycles. The summed E-state index contributed by atoms with van der Waals surface area (Å²) in [5.74, 6) is -1.01. The summed E-state index contributed by atoms with van der Waals surface area (Å²) in [6.07, 6.45) is -0.00555. The zero-order valence-electron chi connectivity index (χ0n) is 12.1. The lowest BCUT2D eigenvalue weighted by molar-refractivity contribution is -0.148. The molecule has 1 fully saturated rings. The third kappa shape index (κ3) is 3.54. The van der Waals surface area contributed by atoms with E-state index in [9.17, 15) is 9.59 Å². The smallest absolute Gasteiger partial charge is 0.326 e. The van der Waals surface area contributed by atoms with Crippen molar-refractivity contribution in [1.29, 1.82) is 5.26 Å². The molecule has 1 aliphatic heterocycles. The summed E-state index contributed by atoms with van der Waals surface area (Å²) in [5.41, 5.74) is 0.493. The van der Waals surface area contributed by atoms with E-state index in [0.29, 0.717) is 11.3 Å². The van der Waals surface area contributed by atoms with Gasteiger partial charge in [0.05, 0.1) is 17.7 Å². The number of carboxylic acids is 1. The Hall–Kier alpha value is -2.59. The maximum Gasteiger partial charge on any atom is 0.326 e. The van der Waals surface area contributed by atoms with Crippen LogP contribution in [0.2, 0.25) is 0 Å². The van der Waals surface area contributed by atoms with Gasteiger partial charge < -0.3 is 19.5 Å². The minimum Gasteiger partial charge on any atom is -0.484 e.